The molecule has 20 heavy (non-hydrogen) atoms. The summed E-state index contributed by atoms with van der Waals surface area (Å²) in [5, 5.41) is 4.19. The van der Waals surface area contributed by atoms with Crippen molar-refractivity contribution in [3.8, 4) is 0 Å². The number of likely N-dealkylation sites (tertiary alicyclic amines) is 1. The average Bonchev–Trinajstić information content (AvgIpc) is 2.92. The first-order valence-electron chi connectivity index (χ1n) is 6.58. The second kappa shape index (κ2) is 8.49. The maximum Gasteiger partial charge on any atom is 0.224 e. The smallest absolute Gasteiger partial charge is 0.224 e. The van der Waals surface area contributed by atoms with Crippen LogP contribution in [0.1, 0.15) is 25.3 Å². The van der Waals surface area contributed by atoms with E-state index in [-0.39, 0.29) is 30.7 Å². The third kappa shape index (κ3) is 4.65. The Morgan fingerprint density at radius 1 is 1.50 bits per heavy atom. The van der Waals surface area contributed by atoms with E-state index in [0.717, 1.165) is 18.5 Å². The van der Waals surface area contributed by atoms with Crippen LogP contribution in [0.15, 0.2) is 12.4 Å². The van der Waals surface area contributed by atoms with Crippen LogP contribution >= 0.6 is 24.8 Å². The Hall–Kier alpha value is -0.780. The van der Waals surface area contributed by atoms with Gasteiger partial charge >= 0.3 is 0 Å². The minimum Gasteiger partial charge on any atom is -0.340 e. The number of halogens is 2. The molecule has 2 unspecified atom stereocenters. The predicted octanol–water partition coefficient (Wildman–Crippen LogP) is 1.62. The molecule has 0 aromatic carbocycles. The zero-order valence-corrected chi connectivity index (χ0v) is 13.6. The molecule has 1 aromatic heterocycles. The third-order valence-electron chi connectivity index (χ3n) is 3.63. The highest BCUT2D eigenvalue weighted by Crippen LogP contribution is 2.22. The third-order valence-corrected chi connectivity index (χ3v) is 3.63. The molecule has 0 aliphatic carbocycles. The molecule has 2 atom stereocenters. The minimum absolute atomic E-state index is 0. The summed E-state index contributed by atoms with van der Waals surface area (Å²) in [5.41, 5.74) is 6.80. The van der Waals surface area contributed by atoms with Gasteiger partial charge in [0.15, 0.2) is 0 Å². The Morgan fingerprint density at radius 2 is 2.20 bits per heavy atom. The van der Waals surface area contributed by atoms with Crippen LogP contribution in [0.4, 0.5) is 0 Å². The molecule has 0 spiro atoms. The Kier molecular flexibility index (Phi) is 8.16. The van der Waals surface area contributed by atoms with Crippen LogP contribution in [-0.4, -0.2) is 39.7 Å². The highest BCUT2D eigenvalue weighted by molar-refractivity contribution is 5.85. The van der Waals surface area contributed by atoms with Crippen molar-refractivity contribution in [3.63, 3.8) is 0 Å². The van der Waals surface area contributed by atoms with E-state index in [1.54, 1.807) is 0 Å². The number of carbonyl (C=O) groups excluding carboxylic acids is 1. The molecule has 0 saturated carbocycles. The first-order chi connectivity index (χ1) is 8.60. The van der Waals surface area contributed by atoms with E-state index in [4.69, 9.17) is 5.73 Å². The molecule has 1 aliphatic heterocycles. The van der Waals surface area contributed by atoms with E-state index < -0.39 is 0 Å². The van der Waals surface area contributed by atoms with Crippen molar-refractivity contribution in [3.05, 3.63) is 18.0 Å². The van der Waals surface area contributed by atoms with Crippen LogP contribution in [0.5, 0.6) is 0 Å². The zero-order chi connectivity index (χ0) is 13.1. The summed E-state index contributed by atoms with van der Waals surface area (Å²) in [4.78, 5) is 14.1. The largest absolute Gasteiger partial charge is 0.340 e. The maximum absolute atomic E-state index is 12.1. The molecule has 0 bridgehead atoms. The predicted molar refractivity (Wildman–Crippen MR) is 84.4 cm³/mol. The van der Waals surface area contributed by atoms with Gasteiger partial charge in [0.2, 0.25) is 5.91 Å². The van der Waals surface area contributed by atoms with Gasteiger partial charge in [-0.3, -0.25) is 9.48 Å². The molecule has 2 N–H and O–H groups in total. The number of aromatic nitrogens is 2. The fraction of sp³-hybridized carbons (Fsp3) is 0.692. The Morgan fingerprint density at radius 3 is 2.70 bits per heavy atom. The van der Waals surface area contributed by atoms with E-state index in [2.05, 4.69) is 12.0 Å². The molecule has 1 saturated heterocycles. The summed E-state index contributed by atoms with van der Waals surface area (Å²) < 4.78 is 1.83. The summed E-state index contributed by atoms with van der Waals surface area (Å²) in [5.74, 6) is 0.683. The van der Waals surface area contributed by atoms with Gasteiger partial charge in [-0.2, -0.15) is 5.10 Å². The van der Waals surface area contributed by atoms with E-state index in [0.29, 0.717) is 31.5 Å². The van der Waals surface area contributed by atoms with Gasteiger partial charge in [0, 0.05) is 31.7 Å². The van der Waals surface area contributed by atoms with Gasteiger partial charge in [0.1, 0.15) is 0 Å². The highest BCUT2D eigenvalue weighted by atomic mass is 35.5. The normalized spacial score (nSPS) is 21.2. The second-order valence-corrected chi connectivity index (χ2v) is 5.26. The summed E-state index contributed by atoms with van der Waals surface area (Å²) in [6.07, 6.45) is 5.32. The maximum atomic E-state index is 12.1. The fourth-order valence-corrected chi connectivity index (χ4v) is 2.60. The average molecular weight is 323 g/mol. The lowest BCUT2D eigenvalue weighted by molar-refractivity contribution is -0.132. The minimum atomic E-state index is 0. The van der Waals surface area contributed by atoms with Crippen LogP contribution in [0.2, 0.25) is 0 Å². The van der Waals surface area contributed by atoms with Gasteiger partial charge in [-0.1, -0.05) is 0 Å². The van der Waals surface area contributed by atoms with Gasteiger partial charge in [-0.05, 0) is 38.3 Å². The number of hydrogen-bond donors (Lipinski definition) is 1. The summed E-state index contributed by atoms with van der Waals surface area (Å²) in [7, 11) is 0. The molecule has 7 heteroatoms. The van der Waals surface area contributed by atoms with E-state index in [1.807, 2.05) is 28.9 Å². The molecule has 2 rings (SSSR count). The highest BCUT2D eigenvalue weighted by Gasteiger charge is 2.31. The zero-order valence-electron chi connectivity index (χ0n) is 12.0. The van der Waals surface area contributed by atoms with Crippen molar-refractivity contribution in [2.24, 2.45) is 11.7 Å². The Labute approximate surface area is 132 Å². The number of rotatable bonds is 4. The van der Waals surface area contributed by atoms with Gasteiger partial charge in [-0.15, -0.1) is 24.8 Å². The first-order valence-corrected chi connectivity index (χ1v) is 6.58. The van der Waals surface area contributed by atoms with E-state index >= 15 is 0 Å². The quantitative estimate of drug-likeness (QED) is 0.916. The number of aryl methyl sites for hydroxylation is 2. The van der Waals surface area contributed by atoms with Crippen molar-refractivity contribution in [2.75, 3.05) is 13.1 Å². The summed E-state index contributed by atoms with van der Waals surface area (Å²) in [6.45, 7) is 6.25. The van der Waals surface area contributed by atoms with E-state index in [9.17, 15) is 4.79 Å². The van der Waals surface area contributed by atoms with Crippen LogP contribution in [0, 0.1) is 12.8 Å². The molecular weight excluding hydrogens is 299 g/mol. The van der Waals surface area contributed by atoms with Gasteiger partial charge < -0.3 is 10.6 Å². The van der Waals surface area contributed by atoms with Crippen LogP contribution < -0.4 is 5.73 Å². The molecular formula is C13H24Cl2N4O. The van der Waals surface area contributed by atoms with E-state index in [1.165, 1.54) is 0 Å². The molecule has 1 fully saturated rings. The van der Waals surface area contributed by atoms with Crippen LogP contribution in [0.25, 0.3) is 0 Å². The van der Waals surface area contributed by atoms with Crippen molar-refractivity contribution >= 4 is 30.7 Å². The Bertz CT molecular complexity index is 424. The van der Waals surface area contributed by atoms with Gasteiger partial charge in [-0.25, -0.2) is 0 Å². The van der Waals surface area contributed by atoms with Crippen LogP contribution in [-0.2, 0) is 11.3 Å². The fourth-order valence-electron chi connectivity index (χ4n) is 2.60. The summed E-state index contributed by atoms with van der Waals surface area (Å²) in [6, 6.07) is 0.324. The molecule has 1 amide bonds. The van der Waals surface area contributed by atoms with Crippen molar-refractivity contribution < 1.29 is 4.79 Å². The molecule has 5 nitrogen and oxygen atoms in total. The lowest BCUT2D eigenvalue weighted by Crippen LogP contribution is -2.34. The molecule has 1 aliphatic rings. The Balaban J connectivity index is 0.00000180. The number of hydrogen-bond acceptors (Lipinski definition) is 3. The van der Waals surface area contributed by atoms with Crippen LogP contribution in [0.3, 0.4) is 0 Å². The van der Waals surface area contributed by atoms with Crippen molar-refractivity contribution in [2.45, 2.75) is 39.3 Å². The number of carbonyl (C=O) groups is 1. The molecule has 2 heterocycles. The second-order valence-electron chi connectivity index (χ2n) is 5.26. The standard InChI is InChI=1S/C13H22N4O.2ClH/c1-10-7-15-16(8-10)4-3-13(18)17-9-12(6-14)5-11(17)2;;/h7-8,11-12H,3-6,9,14H2,1-2H3;2*1H. The summed E-state index contributed by atoms with van der Waals surface area (Å²) >= 11 is 0. The number of amides is 1. The molecule has 116 valence electrons. The monoisotopic (exact) mass is 322 g/mol. The number of nitrogens with two attached hydrogens (primary N) is 1. The SMILES string of the molecule is Cc1cnn(CCC(=O)N2CC(CN)CC2C)c1.Cl.Cl. The lowest BCUT2D eigenvalue weighted by atomic mass is 10.1. The van der Waals surface area contributed by atoms with Gasteiger partial charge in [0.25, 0.3) is 0 Å². The topological polar surface area (TPSA) is 64.2 Å². The molecule has 0 radical (unpaired) electrons. The first kappa shape index (κ1) is 19.2. The van der Waals surface area contributed by atoms with Gasteiger partial charge in [0.05, 0.1) is 6.20 Å². The van der Waals surface area contributed by atoms with Crippen molar-refractivity contribution in [1.29, 1.82) is 0 Å². The van der Waals surface area contributed by atoms with Crippen molar-refractivity contribution in [1.82, 2.24) is 14.7 Å². The molecule has 1 aromatic rings. The number of nitrogens with zero attached hydrogens (tertiary/aromatic N) is 3. The lowest BCUT2D eigenvalue weighted by Gasteiger charge is -2.21.